The van der Waals surface area contributed by atoms with E-state index >= 15 is 0 Å². The van der Waals surface area contributed by atoms with Crippen LogP contribution in [0.1, 0.15) is 5.56 Å². The SMILES string of the molecule is CSc1nc(N)nc(N2CCOCC2)c1C#N. The van der Waals surface area contributed by atoms with E-state index in [4.69, 9.17) is 10.5 Å². The van der Waals surface area contributed by atoms with Gasteiger partial charge in [0.05, 0.1) is 13.2 Å². The van der Waals surface area contributed by atoms with Crippen molar-refractivity contribution in [2.45, 2.75) is 5.03 Å². The molecule has 0 bridgehead atoms. The number of rotatable bonds is 2. The Kier molecular flexibility index (Phi) is 3.66. The Labute approximate surface area is 104 Å². The van der Waals surface area contributed by atoms with E-state index in [-0.39, 0.29) is 5.95 Å². The fraction of sp³-hybridized carbons (Fsp3) is 0.500. The first-order valence-electron chi connectivity index (χ1n) is 5.20. The number of nitrogens with zero attached hydrogens (tertiary/aromatic N) is 4. The van der Waals surface area contributed by atoms with Crippen LogP contribution < -0.4 is 10.6 Å². The second kappa shape index (κ2) is 5.21. The molecule has 6 nitrogen and oxygen atoms in total. The van der Waals surface area contributed by atoms with Gasteiger partial charge >= 0.3 is 0 Å². The van der Waals surface area contributed by atoms with Gasteiger partial charge in [0.15, 0.2) is 5.82 Å². The van der Waals surface area contributed by atoms with Crippen molar-refractivity contribution in [1.82, 2.24) is 9.97 Å². The third kappa shape index (κ3) is 2.43. The maximum absolute atomic E-state index is 9.21. The van der Waals surface area contributed by atoms with E-state index in [0.29, 0.717) is 29.6 Å². The molecule has 1 saturated heterocycles. The average molecular weight is 251 g/mol. The molecule has 2 rings (SSSR count). The van der Waals surface area contributed by atoms with Crippen molar-refractivity contribution in [3.05, 3.63) is 5.56 Å². The van der Waals surface area contributed by atoms with E-state index in [1.807, 2.05) is 11.2 Å². The highest BCUT2D eigenvalue weighted by molar-refractivity contribution is 7.98. The number of aromatic nitrogens is 2. The van der Waals surface area contributed by atoms with Crippen molar-refractivity contribution in [1.29, 1.82) is 5.26 Å². The highest BCUT2D eigenvalue weighted by Gasteiger charge is 2.20. The molecule has 0 spiro atoms. The van der Waals surface area contributed by atoms with Crippen LogP contribution in [0.25, 0.3) is 0 Å². The number of nitrogens with two attached hydrogens (primary N) is 1. The topological polar surface area (TPSA) is 88.1 Å². The summed E-state index contributed by atoms with van der Waals surface area (Å²) < 4.78 is 5.28. The quantitative estimate of drug-likeness (QED) is 0.604. The first kappa shape index (κ1) is 12.0. The Morgan fingerprint density at radius 1 is 1.41 bits per heavy atom. The second-order valence-corrected chi connectivity index (χ2v) is 4.30. The monoisotopic (exact) mass is 251 g/mol. The van der Waals surface area contributed by atoms with Gasteiger partial charge in [-0.05, 0) is 6.26 Å². The molecule has 17 heavy (non-hydrogen) atoms. The molecule has 0 amide bonds. The minimum atomic E-state index is 0.204. The van der Waals surface area contributed by atoms with E-state index in [2.05, 4.69) is 16.0 Å². The molecule has 0 saturated carbocycles. The van der Waals surface area contributed by atoms with Crippen LogP contribution in [0.4, 0.5) is 11.8 Å². The lowest BCUT2D eigenvalue weighted by molar-refractivity contribution is 0.122. The summed E-state index contributed by atoms with van der Waals surface area (Å²) in [5.41, 5.74) is 6.16. The van der Waals surface area contributed by atoms with Gasteiger partial charge in [-0.3, -0.25) is 0 Å². The van der Waals surface area contributed by atoms with E-state index in [0.717, 1.165) is 13.1 Å². The Morgan fingerprint density at radius 2 is 2.12 bits per heavy atom. The van der Waals surface area contributed by atoms with Crippen LogP contribution in [0.5, 0.6) is 0 Å². The molecule has 0 aromatic carbocycles. The minimum absolute atomic E-state index is 0.204. The molecule has 2 heterocycles. The normalized spacial score (nSPS) is 15.6. The van der Waals surface area contributed by atoms with Gasteiger partial charge in [0.1, 0.15) is 16.7 Å². The number of anilines is 2. The van der Waals surface area contributed by atoms with Crippen LogP contribution in [0.3, 0.4) is 0 Å². The zero-order valence-electron chi connectivity index (χ0n) is 9.51. The van der Waals surface area contributed by atoms with Crippen molar-refractivity contribution in [2.75, 3.05) is 43.2 Å². The number of thioether (sulfide) groups is 1. The molecular formula is C10H13N5OS. The molecule has 7 heteroatoms. The predicted molar refractivity (Wildman–Crippen MR) is 66.0 cm³/mol. The summed E-state index contributed by atoms with van der Waals surface area (Å²) in [6, 6.07) is 2.16. The maximum Gasteiger partial charge on any atom is 0.223 e. The van der Waals surface area contributed by atoms with Gasteiger partial charge in [0.25, 0.3) is 0 Å². The van der Waals surface area contributed by atoms with Crippen LogP contribution >= 0.6 is 11.8 Å². The lowest BCUT2D eigenvalue weighted by Crippen LogP contribution is -2.37. The Hall–Kier alpha value is -1.52. The summed E-state index contributed by atoms with van der Waals surface area (Å²) in [5.74, 6) is 0.822. The highest BCUT2D eigenvalue weighted by atomic mass is 32.2. The first-order chi connectivity index (χ1) is 8.26. The van der Waals surface area contributed by atoms with Crippen molar-refractivity contribution in [3.63, 3.8) is 0 Å². The lowest BCUT2D eigenvalue weighted by atomic mass is 10.3. The van der Waals surface area contributed by atoms with Gasteiger partial charge in [-0.2, -0.15) is 10.2 Å². The van der Waals surface area contributed by atoms with Crippen molar-refractivity contribution < 1.29 is 4.74 Å². The van der Waals surface area contributed by atoms with Crippen molar-refractivity contribution >= 4 is 23.5 Å². The minimum Gasteiger partial charge on any atom is -0.378 e. The molecule has 1 aromatic rings. The standard InChI is InChI=1S/C10H13N5OS/c1-17-9-7(6-11)8(13-10(12)14-9)15-2-4-16-5-3-15/h2-5H2,1H3,(H2,12,13,14). The number of morpholine rings is 1. The fourth-order valence-corrected chi connectivity index (χ4v) is 2.22. The Morgan fingerprint density at radius 3 is 2.71 bits per heavy atom. The Bertz CT molecular complexity index is 453. The molecule has 2 N–H and O–H groups in total. The van der Waals surface area contributed by atoms with Crippen LogP contribution in [0, 0.1) is 11.3 Å². The van der Waals surface area contributed by atoms with E-state index in [1.165, 1.54) is 11.8 Å². The van der Waals surface area contributed by atoms with Crippen LogP contribution in [-0.2, 0) is 4.74 Å². The van der Waals surface area contributed by atoms with Gasteiger partial charge in [-0.1, -0.05) is 0 Å². The van der Waals surface area contributed by atoms with E-state index in [9.17, 15) is 5.26 Å². The zero-order chi connectivity index (χ0) is 12.3. The molecule has 90 valence electrons. The molecule has 1 aromatic heterocycles. The molecule has 0 aliphatic carbocycles. The molecule has 0 unspecified atom stereocenters. The van der Waals surface area contributed by atoms with Crippen molar-refractivity contribution in [2.24, 2.45) is 0 Å². The second-order valence-electron chi connectivity index (χ2n) is 3.50. The smallest absolute Gasteiger partial charge is 0.223 e. The summed E-state index contributed by atoms with van der Waals surface area (Å²) in [4.78, 5) is 10.3. The number of ether oxygens (including phenoxy) is 1. The van der Waals surface area contributed by atoms with Gasteiger partial charge in [0.2, 0.25) is 5.95 Å². The van der Waals surface area contributed by atoms with Crippen LogP contribution in [0.15, 0.2) is 5.03 Å². The number of hydrogen-bond acceptors (Lipinski definition) is 7. The fourth-order valence-electron chi connectivity index (χ4n) is 1.69. The highest BCUT2D eigenvalue weighted by Crippen LogP contribution is 2.27. The third-order valence-electron chi connectivity index (χ3n) is 2.49. The summed E-state index contributed by atoms with van der Waals surface area (Å²) in [6.07, 6.45) is 1.87. The molecule has 0 radical (unpaired) electrons. The lowest BCUT2D eigenvalue weighted by Gasteiger charge is -2.28. The third-order valence-corrected chi connectivity index (χ3v) is 3.17. The average Bonchev–Trinajstić information content (AvgIpc) is 2.38. The predicted octanol–water partition coefficient (Wildman–Crippen LogP) is 0.489. The first-order valence-corrected chi connectivity index (χ1v) is 6.43. The number of nitrogen functional groups attached to an aromatic ring is 1. The summed E-state index contributed by atoms with van der Waals surface area (Å²) >= 11 is 1.40. The van der Waals surface area contributed by atoms with E-state index in [1.54, 1.807) is 0 Å². The maximum atomic E-state index is 9.21. The van der Waals surface area contributed by atoms with Gasteiger partial charge < -0.3 is 15.4 Å². The summed E-state index contributed by atoms with van der Waals surface area (Å²) in [6.45, 7) is 2.73. The molecule has 1 aliphatic heterocycles. The Balaban J connectivity index is 2.44. The largest absolute Gasteiger partial charge is 0.378 e. The van der Waals surface area contributed by atoms with Gasteiger partial charge in [0, 0.05) is 13.1 Å². The van der Waals surface area contributed by atoms with Crippen molar-refractivity contribution in [3.8, 4) is 6.07 Å². The van der Waals surface area contributed by atoms with Gasteiger partial charge in [-0.15, -0.1) is 11.8 Å². The molecule has 1 fully saturated rings. The van der Waals surface area contributed by atoms with Crippen LogP contribution in [-0.4, -0.2) is 42.5 Å². The van der Waals surface area contributed by atoms with E-state index < -0.39 is 0 Å². The molecule has 0 atom stereocenters. The molecular weight excluding hydrogens is 238 g/mol. The number of hydrogen-bond donors (Lipinski definition) is 1. The zero-order valence-corrected chi connectivity index (χ0v) is 10.3. The van der Waals surface area contributed by atoms with Crippen LogP contribution in [0.2, 0.25) is 0 Å². The summed E-state index contributed by atoms with van der Waals surface area (Å²) in [7, 11) is 0. The molecule has 1 aliphatic rings. The number of nitriles is 1. The van der Waals surface area contributed by atoms with Gasteiger partial charge in [-0.25, -0.2) is 4.98 Å². The summed E-state index contributed by atoms with van der Waals surface area (Å²) in [5, 5.41) is 9.84.